The molecule has 0 aliphatic carbocycles. The second-order valence-electron chi connectivity index (χ2n) is 6.92. The first-order chi connectivity index (χ1) is 13.8. The van der Waals surface area contributed by atoms with Gasteiger partial charge in [0.2, 0.25) is 0 Å². The van der Waals surface area contributed by atoms with E-state index >= 15 is 0 Å². The van der Waals surface area contributed by atoms with Crippen molar-refractivity contribution >= 4 is 33.4 Å². The number of unbranched alkanes of at least 4 members (excludes halogenated alkanes) is 2. The van der Waals surface area contributed by atoms with Crippen LogP contribution in [0.3, 0.4) is 0 Å². The minimum atomic E-state index is 0.995. The minimum absolute atomic E-state index is 0.995. The molecule has 0 aliphatic heterocycles. The van der Waals surface area contributed by atoms with Gasteiger partial charge in [0.1, 0.15) is 20.0 Å². The highest BCUT2D eigenvalue weighted by molar-refractivity contribution is 7.15. The summed E-state index contributed by atoms with van der Waals surface area (Å²) in [4.78, 5) is 0. The monoisotopic (exact) mass is 408 g/mol. The van der Waals surface area contributed by atoms with Crippen LogP contribution in [0, 0.1) is 0 Å². The van der Waals surface area contributed by atoms with Crippen LogP contribution < -0.4 is 0 Å². The summed E-state index contributed by atoms with van der Waals surface area (Å²) in [7, 11) is 0. The van der Waals surface area contributed by atoms with E-state index in [0.717, 1.165) is 56.8 Å². The van der Waals surface area contributed by atoms with E-state index < -0.39 is 0 Å². The van der Waals surface area contributed by atoms with Crippen molar-refractivity contribution < 1.29 is 0 Å². The Kier molecular flexibility index (Phi) is 6.07. The van der Waals surface area contributed by atoms with E-state index in [1.165, 1.54) is 23.6 Å². The summed E-state index contributed by atoms with van der Waals surface area (Å²) in [5.41, 5.74) is 2.30. The third-order valence-corrected chi connectivity index (χ3v) is 6.84. The molecule has 4 nitrogen and oxygen atoms in total. The van der Waals surface area contributed by atoms with Crippen molar-refractivity contribution in [2.45, 2.75) is 52.4 Å². The van der Waals surface area contributed by atoms with Gasteiger partial charge in [-0.2, -0.15) is 0 Å². The van der Waals surface area contributed by atoms with Gasteiger partial charge in [-0.15, -0.1) is 20.4 Å². The summed E-state index contributed by atoms with van der Waals surface area (Å²) in [6.45, 7) is 4.41. The Labute approximate surface area is 173 Å². The first-order valence-electron chi connectivity index (χ1n) is 9.97. The Balaban J connectivity index is 1.72. The molecule has 0 radical (unpaired) electrons. The molecule has 4 aromatic rings. The molecule has 0 saturated carbocycles. The van der Waals surface area contributed by atoms with Gasteiger partial charge in [0.15, 0.2) is 0 Å². The fourth-order valence-electron chi connectivity index (χ4n) is 3.27. The highest BCUT2D eigenvalue weighted by atomic mass is 32.1. The topological polar surface area (TPSA) is 51.6 Å². The van der Waals surface area contributed by atoms with Crippen LogP contribution in [-0.4, -0.2) is 20.4 Å². The molecule has 0 fully saturated rings. The molecule has 0 saturated heterocycles. The fourth-order valence-corrected chi connectivity index (χ4v) is 5.11. The van der Waals surface area contributed by atoms with Crippen LogP contribution in [0.2, 0.25) is 0 Å². The molecule has 2 heterocycles. The second-order valence-corrected chi connectivity index (χ2v) is 9.04. The Morgan fingerprint density at radius 1 is 0.643 bits per heavy atom. The largest absolute Gasteiger partial charge is 0.148 e. The summed E-state index contributed by atoms with van der Waals surface area (Å²) in [6, 6.07) is 12.8. The molecule has 28 heavy (non-hydrogen) atoms. The SMILES string of the molecule is CCCCc1nnc(-c2cccc3c(-c4nnc(CCCC)s4)cccc23)s1. The number of rotatable bonds is 8. The van der Waals surface area contributed by atoms with Crippen molar-refractivity contribution in [1.82, 2.24) is 20.4 Å². The molecule has 0 N–H and O–H groups in total. The third-order valence-electron chi connectivity index (χ3n) is 4.80. The highest BCUT2D eigenvalue weighted by Gasteiger charge is 2.14. The molecular formula is C22H24N4S2. The van der Waals surface area contributed by atoms with Crippen LogP contribution in [0.1, 0.15) is 49.5 Å². The Bertz CT molecular complexity index is 982. The molecule has 2 aromatic heterocycles. The van der Waals surface area contributed by atoms with Crippen LogP contribution in [0.4, 0.5) is 0 Å². The molecule has 0 bridgehead atoms. The first-order valence-corrected chi connectivity index (χ1v) is 11.6. The number of fused-ring (bicyclic) bond motifs is 1. The molecule has 2 aromatic carbocycles. The Hall–Kier alpha value is -2.18. The number of hydrogen-bond acceptors (Lipinski definition) is 6. The number of hydrogen-bond donors (Lipinski definition) is 0. The number of nitrogens with zero attached hydrogens (tertiary/aromatic N) is 4. The van der Waals surface area contributed by atoms with Gasteiger partial charge in [0.05, 0.1) is 0 Å². The van der Waals surface area contributed by atoms with Crippen LogP contribution >= 0.6 is 22.7 Å². The van der Waals surface area contributed by atoms with Gasteiger partial charge in [-0.1, -0.05) is 85.8 Å². The van der Waals surface area contributed by atoms with E-state index in [1.54, 1.807) is 22.7 Å². The summed E-state index contributed by atoms with van der Waals surface area (Å²) >= 11 is 3.42. The van der Waals surface area contributed by atoms with E-state index in [1.807, 2.05) is 0 Å². The predicted octanol–water partition coefficient (Wildman–Crippen LogP) is 6.56. The van der Waals surface area contributed by atoms with E-state index in [4.69, 9.17) is 0 Å². The predicted molar refractivity (Wildman–Crippen MR) is 119 cm³/mol. The van der Waals surface area contributed by atoms with E-state index in [0.29, 0.717) is 0 Å². The quantitative estimate of drug-likeness (QED) is 0.331. The Morgan fingerprint density at radius 2 is 1.11 bits per heavy atom. The van der Waals surface area contributed by atoms with E-state index in [-0.39, 0.29) is 0 Å². The highest BCUT2D eigenvalue weighted by Crippen LogP contribution is 2.36. The minimum Gasteiger partial charge on any atom is -0.143 e. The van der Waals surface area contributed by atoms with E-state index in [2.05, 4.69) is 70.6 Å². The molecular weight excluding hydrogens is 384 g/mol. The van der Waals surface area contributed by atoms with Gasteiger partial charge in [-0.3, -0.25) is 0 Å². The lowest BCUT2D eigenvalue weighted by molar-refractivity contribution is 0.780. The maximum Gasteiger partial charge on any atom is 0.148 e. The molecule has 0 amide bonds. The molecule has 0 atom stereocenters. The van der Waals surface area contributed by atoms with Gasteiger partial charge in [0.25, 0.3) is 0 Å². The van der Waals surface area contributed by atoms with Crippen molar-refractivity contribution in [3.05, 3.63) is 46.4 Å². The second kappa shape index (κ2) is 8.88. The van der Waals surface area contributed by atoms with Crippen LogP contribution in [0.5, 0.6) is 0 Å². The zero-order valence-electron chi connectivity index (χ0n) is 16.3. The summed E-state index contributed by atoms with van der Waals surface area (Å²) in [6.07, 6.45) is 6.69. The summed E-state index contributed by atoms with van der Waals surface area (Å²) in [5, 5.41) is 24.4. The van der Waals surface area contributed by atoms with Gasteiger partial charge in [-0.25, -0.2) is 0 Å². The molecule has 6 heteroatoms. The first kappa shape index (κ1) is 19.2. The lowest BCUT2D eigenvalue weighted by Gasteiger charge is -2.07. The Morgan fingerprint density at radius 3 is 1.54 bits per heavy atom. The van der Waals surface area contributed by atoms with E-state index in [9.17, 15) is 0 Å². The zero-order chi connectivity index (χ0) is 19.3. The van der Waals surface area contributed by atoms with Crippen molar-refractivity contribution in [3.63, 3.8) is 0 Å². The number of benzene rings is 2. The average Bonchev–Trinajstić information content (AvgIpc) is 3.39. The summed E-state index contributed by atoms with van der Waals surface area (Å²) in [5.74, 6) is 0. The van der Waals surface area contributed by atoms with Gasteiger partial charge in [0, 0.05) is 24.0 Å². The maximum absolute atomic E-state index is 4.47. The van der Waals surface area contributed by atoms with Gasteiger partial charge >= 0.3 is 0 Å². The maximum atomic E-state index is 4.47. The van der Waals surface area contributed by atoms with Gasteiger partial charge in [-0.05, 0) is 23.6 Å². The third kappa shape index (κ3) is 3.98. The smallest absolute Gasteiger partial charge is 0.143 e. The fraction of sp³-hybridized carbons (Fsp3) is 0.364. The van der Waals surface area contributed by atoms with Crippen molar-refractivity contribution in [1.29, 1.82) is 0 Å². The lowest BCUT2D eigenvalue weighted by atomic mass is 10.0. The van der Waals surface area contributed by atoms with Crippen molar-refractivity contribution in [2.75, 3.05) is 0 Å². The normalized spacial score (nSPS) is 11.4. The summed E-state index contributed by atoms with van der Waals surface area (Å²) < 4.78 is 0. The van der Waals surface area contributed by atoms with Gasteiger partial charge < -0.3 is 0 Å². The van der Waals surface area contributed by atoms with Crippen molar-refractivity contribution in [3.8, 4) is 21.1 Å². The number of aryl methyl sites for hydroxylation is 2. The lowest BCUT2D eigenvalue weighted by Crippen LogP contribution is -1.85. The molecule has 0 spiro atoms. The van der Waals surface area contributed by atoms with Crippen LogP contribution in [-0.2, 0) is 12.8 Å². The zero-order valence-corrected chi connectivity index (χ0v) is 17.9. The molecule has 144 valence electrons. The molecule has 0 unspecified atom stereocenters. The number of aromatic nitrogens is 4. The molecule has 0 aliphatic rings. The van der Waals surface area contributed by atoms with Crippen LogP contribution in [0.15, 0.2) is 36.4 Å². The average molecular weight is 409 g/mol. The standard InChI is InChI=1S/C22H24N4S2/c1-3-5-13-19-23-25-21(27-19)17-11-7-10-16-15(17)9-8-12-18(16)22-26-24-20(28-22)14-6-4-2/h7-12H,3-6,13-14H2,1-2H3. The van der Waals surface area contributed by atoms with Crippen molar-refractivity contribution in [2.24, 2.45) is 0 Å². The molecule has 4 rings (SSSR count). The van der Waals surface area contributed by atoms with Crippen LogP contribution in [0.25, 0.3) is 31.9 Å².